The van der Waals surface area contributed by atoms with E-state index in [2.05, 4.69) is 54.3 Å². The number of aryl methyl sites for hydroxylation is 1. The molecule has 0 radical (unpaired) electrons. The Hall–Kier alpha value is -2.83. The van der Waals surface area contributed by atoms with E-state index in [1.54, 1.807) is 21.3 Å². The molecule has 1 unspecified atom stereocenters. The van der Waals surface area contributed by atoms with Crippen LogP contribution in [0.25, 0.3) is 0 Å². The van der Waals surface area contributed by atoms with E-state index in [-0.39, 0.29) is 0 Å². The van der Waals surface area contributed by atoms with Crippen LogP contribution < -0.4 is 18.4 Å². The molecule has 6 heteroatoms. The number of hydrogen-bond donors (Lipinski definition) is 0. The van der Waals surface area contributed by atoms with Crippen molar-refractivity contribution >= 4 is 12.0 Å². The van der Waals surface area contributed by atoms with E-state index in [1.807, 2.05) is 6.07 Å². The van der Waals surface area contributed by atoms with Gasteiger partial charge in [0, 0.05) is 29.6 Å². The molecule has 2 aliphatic heterocycles. The molecule has 3 aromatic rings. The van der Waals surface area contributed by atoms with Crippen LogP contribution in [0.5, 0.6) is 23.0 Å². The number of benzene rings is 3. The molecule has 0 saturated carbocycles. The van der Waals surface area contributed by atoms with Gasteiger partial charge in [-0.3, -0.25) is 4.90 Å². The first kappa shape index (κ1) is 22.0. The first-order chi connectivity index (χ1) is 16.1. The quantitative estimate of drug-likeness (QED) is 0.433. The molecule has 0 amide bonds. The fourth-order valence-electron chi connectivity index (χ4n) is 4.89. The molecule has 2 aliphatic rings. The van der Waals surface area contributed by atoms with E-state index < -0.39 is 0 Å². The van der Waals surface area contributed by atoms with Crippen molar-refractivity contribution in [2.45, 2.75) is 37.2 Å². The molecule has 3 aromatic carbocycles. The van der Waals surface area contributed by atoms with E-state index in [1.165, 1.54) is 39.9 Å². The Kier molecular flexibility index (Phi) is 6.13. The van der Waals surface area contributed by atoms with Gasteiger partial charge < -0.3 is 18.4 Å². The average Bonchev–Trinajstić information content (AvgIpc) is 2.85. The van der Waals surface area contributed by atoms with Gasteiger partial charge in [-0.2, -0.15) is 0 Å². The predicted octanol–water partition coefficient (Wildman–Crippen LogP) is 5.76. The van der Waals surface area contributed by atoms with Crippen molar-refractivity contribution in [3.63, 3.8) is 0 Å². The summed E-state index contributed by atoms with van der Waals surface area (Å²) in [5.41, 5.74) is 6.43. The Balaban J connectivity index is 1.47. The third kappa shape index (κ3) is 4.13. The molecule has 172 valence electrons. The van der Waals surface area contributed by atoms with Gasteiger partial charge in [-0.15, -0.1) is 0 Å². The Morgan fingerprint density at radius 3 is 2.24 bits per heavy atom. The summed E-state index contributed by atoms with van der Waals surface area (Å²) in [6.45, 7) is 3.97. The van der Waals surface area contributed by atoms with Gasteiger partial charge >= 0.3 is 0 Å². The number of fused-ring (bicyclic) bond motifs is 4. The number of nitrogens with zero attached hydrogens (tertiary/aromatic N) is 1. The van der Waals surface area contributed by atoms with Crippen LogP contribution in [0.4, 0.5) is 0 Å². The molecule has 5 nitrogen and oxygen atoms in total. The maximum Gasteiger partial charge on any atom is 0.183 e. The van der Waals surface area contributed by atoms with Gasteiger partial charge in [0.25, 0.3) is 0 Å². The molecule has 0 fully saturated rings. The van der Waals surface area contributed by atoms with Crippen molar-refractivity contribution < 1.29 is 18.4 Å². The van der Waals surface area contributed by atoms with Crippen molar-refractivity contribution in [3.05, 3.63) is 76.3 Å². The highest BCUT2D eigenvalue weighted by molar-refractivity contribution is 7.95. The molecular weight excluding hydrogens is 434 g/mol. The second-order valence-corrected chi connectivity index (χ2v) is 9.37. The van der Waals surface area contributed by atoms with Gasteiger partial charge in [-0.1, -0.05) is 23.8 Å². The molecule has 1 atom stereocenters. The Labute approximate surface area is 199 Å². The molecule has 0 aliphatic carbocycles. The lowest BCUT2D eigenvalue weighted by Crippen LogP contribution is -2.39. The van der Waals surface area contributed by atoms with E-state index in [0.717, 1.165) is 53.8 Å². The zero-order chi connectivity index (χ0) is 22.9. The molecular formula is C27H29NO4S. The molecule has 2 heterocycles. The first-order valence-corrected chi connectivity index (χ1v) is 11.9. The summed E-state index contributed by atoms with van der Waals surface area (Å²) in [4.78, 5) is 3.63. The van der Waals surface area contributed by atoms with Gasteiger partial charge in [-0.05, 0) is 66.8 Å². The lowest BCUT2D eigenvalue weighted by Gasteiger charge is -2.42. The molecule has 5 rings (SSSR count). The number of ether oxygens (including phenoxy) is 3. The minimum Gasteiger partial charge on any atom is -0.493 e. The van der Waals surface area contributed by atoms with Crippen LogP contribution in [-0.2, 0) is 19.4 Å². The van der Waals surface area contributed by atoms with Gasteiger partial charge in [0.05, 0.1) is 33.4 Å². The monoisotopic (exact) mass is 463 g/mol. The van der Waals surface area contributed by atoms with Crippen molar-refractivity contribution in [3.8, 4) is 23.0 Å². The molecule has 0 N–H and O–H groups in total. The summed E-state index contributed by atoms with van der Waals surface area (Å²) >= 11 is 1.39. The van der Waals surface area contributed by atoms with Crippen molar-refractivity contribution in [1.82, 2.24) is 4.90 Å². The molecule has 0 aromatic heterocycles. The van der Waals surface area contributed by atoms with Crippen LogP contribution in [0, 0.1) is 6.92 Å². The van der Waals surface area contributed by atoms with E-state index in [9.17, 15) is 0 Å². The number of hydrogen-bond acceptors (Lipinski definition) is 6. The van der Waals surface area contributed by atoms with Crippen LogP contribution in [-0.4, -0.2) is 32.8 Å². The Bertz CT molecular complexity index is 1160. The van der Waals surface area contributed by atoms with Gasteiger partial charge in [0.2, 0.25) is 0 Å². The van der Waals surface area contributed by atoms with E-state index >= 15 is 0 Å². The maximum absolute atomic E-state index is 6.30. The van der Waals surface area contributed by atoms with E-state index in [4.69, 9.17) is 18.4 Å². The van der Waals surface area contributed by atoms with Gasteiger partial charge in [0.1, 0.15) is 0 Å². The zero-order valence-corrected chi connectivity index (χ0v) is 20.3. The fraction of sp³-hybridized carbons (Fsp3) is 0.333. The van der Waals surface area contributed by atoms with Crippen LogP contribution in [0.2, 0.25) is 0 Å². The lowest BCUT2D eigenvalue weighted by atomic mass is 9.83. The highest BCUT2D eigenvalue weighted by Crippen LogP contribution is 2.46. The third-order valence-corrected chi connectivity index (χ3v) is 7.38. The Morgan fingerprint density at radius 2 is 1.55 bits per heavy atom. The highest BCUT2D eigenvalue weighted by atomic mass is 32.2. The molecule has 33 heavy (non-hydrogen) atoms. The van der Waals surface area contributed by atoms with Crippen molar-refractivity contribution in [2.24, 2.45) is 0 Å². The zero-order valence-electron chi connectivity index (χ0n) is 19.5. The summed E-state index contributed by atoms with van der Waals surface area (Å²) in [7, 11) is 5.09. The predicted molar refractivity (Wildman–Crippen MR) is 131 cm³/mol. The molecule has 0 spiro atoms. The van der Waals surface area contributed by atoms with Crippen molar-refractivity contribution in [1.29, 1.82) is 0 Å². The first-order valence-electron chi connectivity index (χ1n) is 11.2. The number of rotatable bonds is 6. The SMILES string of the molecule is COc1cc2c(cc1OC)CN1CCc3c(ccc(OC)c3OSc3ccc(C)cc3)C1C2. The second kappa shape index (κ2) is 9.20. The standard InChI is InChI=1S/C27H29NO4S/c1-17-5-7-20(8-6-17)33-32-27-22-11-12-28-16-19-15-26(31-4)25(30-3)14-18(19)13-23(28)21(22)9-10-24(27)29-2/h5-10,14-15,23H,11-13,16H2,1-4H3. The van der Waals surface area contributed by atoms with Crippen molar-refractivity contribution in [2.75, 3.05) is 27.9 Å². The second-order valence-electron chi connectivity index (χ2n) is 8.56. The topological polar surface area (TPSA) is 40.2 Å². The summed E-state index contributed by atoms with van der Waals surface area (Å²) < 4.78 is 23.1. The van der Waals surface area contributed by atoms with Crippen LogP contribution in [0.1, 0.15) is 33.9 Å². The molecule has 0 saturated heterocycles. The van der Waals surface area contributed by atoms with E-state index in [0.29, 0.717) is 6.04 Å². The minimum atomic E-state index is 0.303. The maximum atomic E-state index is 6.30. The fourth-order valence-corrected chi connectivity index (χ4v) is 5.50. The van der Waals surface area contributed by atoms with Gasteiger partial charge in [0.15, 0.2) is 23.0 Å². The highest BCUT2D eigenvalue weighted by Gasteiger charge is 2.35. The minimum absolute atomic E-state index is 0.303. The molecule has 0 bridgehead atoms. The largest absolute Gasteiger partial charge is 0.493 e. The summed E-state index contributed by atoms with van der Waals surface area (Å²) in [5, 5.41) is 0. The normalized spacial score (nSPS) is 16.9. The lowest BCUT2D eigenvalue weighted by molar-refractivity contribution is 0.159. The van der Waals surface area contributed by atoms with Gasteiger partial charge in [-0.25, -0.2) is 0 Å². The third-order valence-electron chi connectivity index (χ3n) is 6.66. The summed E-state index contributed by atoms with van der Waals surface area (Å²) in [6.07, 6.45) is 1.86. The average molecular weight is 464 g/mol. The van der Waals surface area contributed by atoms with Crippen LogP contribution in [0.3, 0.4) is 0 Å². The summed E-state index contributed by atoms with van der Waals surface area (Å²) in [5.74, 6) is 3.21. The number of methoxy groups -OCH3 is 3. The Morgan fingerprint density at radius 1 is 0.848 bits per heavy atom. The summed E-state index contributed by atoms with van der Waals surface area (Å²) in [6, 6.07) is 17.2. The van der Waals surface area contributed by atoms with Crippen LogP contribution >= 0.6 is 12.0 Å². The van der Waals surface area contributed by atoms with Crippen LogP contribution in [0.15, 0.2) is 53.4 Å². The smallest absolute Gasteiger partial charge is 0.183 e.